The standard InChI is InChI=1S/C14H25N3O/c1-5-7-12(17(3)4)10-15-14(18)13-9-8-11(6-2)16-13/h8-9,12,16H,5-7,10H2,1-4H3,(H,15,18)/t12-/m1/s1. The van der Waals surface area contributed by atoms with Crippen molar-refractivity contribution in [1.29, 1.82) is 0 Å². The molecule has 102 valence electrons. The Kier molecular flexibility index (Phi) is 5.92. The number of amides is 1. The van der Waals surface area contributed by atoms with Crippen molar-refractivity contribution in [3.05, 3.63) is 23.5 Å². The van der Waals surface area contributed by atoms with Crippen molar-refractivity contribution in [2.24, 2.45) is 0 Å². The second kappa shape index (κ2) is 7.21. The van der Waals surface area contributed by atoms with Crippen LogP contribution in [0.5, 0.6) is 0 Å². The van der Waals surface area contributed by atoms with Crippen molar-refractivity contribution in [2.45, 2.75) is 39.2 Å². The fraction of sp³-hybridized carbons (Fsp3) is 0.643. The largest absolute Gasteiger partial charge is 0.354 e. The van der Waals surface area contributed by atoms with Crippen LogP contribution in [0, 0.1) is 0 Å². The lowest BCUT2D eigenvalue weighted by atomic mass is 10.1. The van der Waals surface area contributed by atoms with E-state index in [4.69, 9.17) is 0 Å². The van der Waals surface area contributed by atoms with Crippen molar-refractivity contribution in [2.75, 3.05) is 20.6 Å². The molecule has 0 aromatic carbocycles. The Hall–Kier alpha value is -1.29. The Labute approximate surface area is 110 Å². The number of carbonyl (C=O) groups is 1. The zero-order valence-corrected chi connectivity index (χ0v) is 11.9. The third-order valence-corrected chi connectivity index (χ3v) is 3.22. The molecule has 0 spiro atoms. The van der Waals surface area contributed by atoms with Crippen LogP contribution >= 0.6 is 0 Å². The minimum atomic E-state index is -0.0161. The average Bonchev–Trinajstić information content (AvgIpc) is 2.82. The van der Waals surface area contributed by atoms with Gasteiger partial charge in [0.05, 0.1) is 0 Å². The summed E-state index contributed by atoms with van der Waals surface area (Å²) in [6, 6.07) is 4.21. The van der Waals surface area contributed by atoms with Crippen molar-refractivity contribution in [3.63, 3.8) is 0 Å². The number of aryl methyl sites for hydroxylation is 1. The average molecular weight is 251 g/mol. The van der Waals surface area contributed by atoms with Crippen LogP contribution in [-0.4, -0.2) is 42.5 Å². The molecule has 2 N–H and O–H groups in total. The Bertz CT molecular complexity index is 371. The monoisotopic (exact) mass is 251 g/mol. The topological polar surface area (TPSA) is 48.1 Å². The molecule has 0 aliphatic carbocycles. The lowest BCUT2D eigenvalue weighted by molar-refractivity contribution is 0.0936. The lowest BCUT2D eigenvalue weighted by Gasteiger charge is -2.23. The zero-order valence-electron chi connectivity index (χ0n) is 11.9. The number of aromatic nitrogens is 1. The molecule has 0 saturated carbocycles. The van der Waals surface area contributed by atoms with Crippen molar-refractivity contribution in [3.8, 4) is 0 Å². The molecule has 0 radical (unpaired) electrons. The van der Waals surface area contributed by atoms with Gasteiger partial charge in [-0.2, -0.15) is 0 Å². The molecule has 1 rings (SSSR count). The highest BCUT2D eigenvalue weighted by molar-refractivity contribution is 5.92. The van der Waals surface area contributed by atoms with E-state index in [1.807, 2.05) is 12.1 Å². The van der Waals surface area contributed by atoms with Crippen LogP contribution in [0.1, 0.15) is 42.9 Å². The molecule has 4 heteroatoms. The van der Waals surface area contributed by atoms with Gasteiger partial charge in [-0.05, 0) is 39.1 Å². The second-order valence-electron chi connectivity index (χ2n) is 4.87. The predicted octanol–water partition coefficient (Wildman–Crippen LogP) is 2.04. The van der Waals surface area contributed by atoms with Gasteiger partial charge in [0.1, 0.15) is 5.69 Å². The maximum absolute atomic E-state index is 11.9. The normalized spacial score (nSPS) is 12.7. The summed E-state index contributed by atoms with van der Waals surface area (Å²) >= 11 is 0. The molecule has 1 amide bonds. The van der Waals surface area contributed by atoms with Gasteiger partial charge in [-0.15, -0.1) is 0 Å². The number of hydrogen-bond donors (Lipinski definition) is 2. The fourth-order valence-corrected chi connectivity index (χ4v) is 1.96. The molecule has 1 aromatic heterocycles. The van der Waals surface area contributed by atoms with Gasteiger partial charge in [0, 0.05) is 18.3 Å². The first-order chi connectivity index (χ1) is 8.58. The molecule has 0 unspecified atom stereocenters. The van der Waals surface area contributed by atoms with Gasteiger partial charge in [-0.3, -0.25) is 4.79 Å². The van der Waals surface area contributed by atoms with E-state index in [0.29, 0.717) is 18.3 Å². The first-order valence-electron chi connectivity index (χ1n) is 6.71. The predicted molar refractivity (Wildman–Crippen MR) is 74.9 cm³/mol. The van der Waals surface area contributed by atoms with Gasteiger partial charge >= 0.3 is 0 Å². The number of aromatic amines is 1. The maximum atomic E-state index is 11.9. The highest BCUT2D eigenvalue weighted by Crippen LogP contribution is 2.04. The minimum absolute atomic E-state index is 0.0161. The van der Waals surface area contributed by atoms with E-state index in [1.165, 1.54) is 0 Å². The molecule has 4 nitrogen and oxygen atoms in total. The van der Waals surface area contributed by atoms with Crippen molar-refractivity contribution < 1.29 is 4.79 Å². The summed E-state index contributed by atoms with van der Waals surface area (Å²) in [5.74, 6) is -0.0161. The van der Waals surface area contributed by atoms with Crippen LogP contribution in [0.15, 0.2) is 12.1 Å². The first kappa shape index (κ1) is 14.8. The van der Waals surface area contributed by atoms with Gasteiger partial charge in [-0.25, -0.2) is 0 Å². The molecule has 0 aliphatic rings. The summed E-state index contributed by atoms with van der Waals surface area (Å²) in [4.78, 5) is 17.2. The molecule has 0 bridgehead atoms. The number of nitrogens with zero attached hydrogens (tertiary/aromatic N) is 1. The Balaban J connectivity index is 2.49. The van der Waals surface area contributed by atoms with E-state index < -0.39 is 0 Å². The summed E-state index contributed by atoms with van der Waals surface area (Å²) in [6.07, 6.45) is 3.14. The van der Waals surface area contributed by atoms with Gasteiger partial charge in [-0.1, -0.05) is 20.3 Å². The molecule has 0 aliphatic heterocycles. The third kappa shape index (κ3) is 4.18. The van der Waals surface area contributed by atoms with Crippen LogP contribution in [-0.2, 0) is 6.42 Å². The second-order valence-corrected chi connectivity index (χ2v) is 4.87. The fourth-order valence-electron chi connectivity index (χ4n) is 1.96. The van der Waals surface area contributed by atoms with E-state index in [-0.39, 0.29) is 5.91 Å². The molecule has 0 fully saturated rings. The van der Waals surface area contributed by atoms with Crippen molar-refractivity contribution >= 4 is 5.91 Å². The summed E-state index contributed by atoms with van der Waals surface area (Å²) in [7, 11) is 4.10. The summed E-state index contributed by atoms with van der Waals surface area (Å²) in [5, 5.41) is 2.99. The number of H-pyrrole nitrogens is 1. The Morgan fingerprint density at radius 3 is 2.61 bits per heavy atom. The van der Waals surface area contributed by atoms with Crippen LogP contribution in [0.25, 0.3) is 0 Å². The minimum Gasteiger partial charge on any atom is -0.354 e. The van der Waals surface area contributed by atoms with Gasteiger partial charge in [0.25, 0.3) is 5.91 Å². The quantitative estimate of drug-likeness (QED) is 0.779. The van der Waals surface area contributed by atoms with Gasteiger partial charge in [0.2, 0.25) is 0 Å². The Morgan fingerprint density at radius 2 is 2.11 bits per heavy atom. The van der Waals surface area contributed by atoms with E-state index in [9.17, 15) is 4.79 Å². The summed E-state index contributed by atoms with van der Waals surface area (Å²) in [5.41, 5.74) is 1.75. The summed E-state index contributed by atoms with van der Waals surface area (Å²) in [6.45, 7) is 4.92. The molecule has 1 aromatic rings. The van der Waals surface area contributed by atoms with Crippen LogP contribution in [0.2, 0.25) is 0 Å². The van der Waals surface area contributed by atoms with Crippen LogP contribution in [0.4, 0.5) is 0 Å². The molecule has 18 heavy (non-hydrogen) atoms. The third-order valence-electron chi connectivity index (χ3n) is 3.22. The number of carbonyl (C=O) groups excluding carboxylic acids is 1. The maximum Gasteiger partial charge on any atom is 0.267 e. The number of likely N-dealkylation sites (N-methyl/N-ethyl adjacent to an activating group) is 1. The SMILES string of the molecule is CCC[C@H](CNC(=O)c1ccc(CC)[nH]1)N(C)C. The van der Waals surface area contributed by atoms with E-state index >= 15 is 0 Å². The molecular weight excluding hydrogens is 226 g/mol. The van der Waals surface area contributed by atoms with Gasteiger partial charge < -0.3 is 15.2 Å². The highest BCUT2D eigenvalue weighted by atomic mass is 16.1. The first-order valence-corrected chi connectivity index (χ1v) is 6.71. The van der Waals surface area contributed by atoms with Gasteiger partial charge in [0.15, 0.2) is 0 Å². The van der Waals surface area contributed by atoms with Crippen LogP contribution in [0.3, 0.4) is 0 Å². The number of nitrogens with one attached hydrogen (secondary N) is 2. The summed E-state index contributed by atoms with van der Waals surface area (Å²) < 4.78 is 0. The number of rotatable bonds is 7. The van der Waals surface area contributed by atoms with E-state index in [0.717, 1.165) is 25.0 Å². The lowest BCUT2D eigenvalue weighted by Crippen LogP contribution is -2.40. The smallest absolute Gasteiger partial charge is 0.267 e. The molecular formula is C14H25N3O. The number of hydrogen-bond acceptors (Lipinski definition) is 2. The molecule has 1 atom stereocenters. The molecule has 1 heterocycles. The Morgan fingerprint density at radius 1 is 1.39 bits per heavy atom. The zero-order chi connectivity index (χ0) is 13.5. The van der Waals surface area contributed by atoms with E-state index in [2.05, 4.69) is 43.1 Å². The van der Waals surface area contributed by atoms with Crippen molar-refractivity contribution in [1.82, 2.24) is 15.2 Å². The highest BCUT2D eigenvalue weighted by Gasteiger charge is 2.13. The van der Waals surface area contributed by atoms with E-state index in [1.54, 1.807) is 0 Å². The molecule has 0 saturated heterocycles. The van der Waals surface area contributed by atoms with Crippen LogP contribution < -0.4 is 5.32 Å².